The largest absolute Gasteiger partial charge is 0.495 e. The molecule has 0 radical (unpaired) electrons. The highest BCUT2D eigenvalue weighted by atomic mass is 35.5. The number of halogens is 1. The second-order valence-corrected chi connectivity index (χ2v) is 8.27. The van der Waals surface area contributed by atoms with Gasteiger partial charge in [-0.1, -0.05) is 41.9 Å². The van der Waals surface area contributed by atoms with Crippen molar-refractivity contribution in [1.82, 2.24) is 9.88 Å². The number of piperazine rings is 1. The van der Waals surface area contributed by atoms with E-state index >= 15 is 0 Å². The minimum absolute atomic E-state index is 0.0398. The van der Waals surface area contributed by atoms with Gasteiger partial charge in [-0.3, -0.25) is 4.79 Å². The summed E-state index contributed by atoms with van der Waals surface area (Å²) < 4.78 is 5.47. The summed E-state index contributed by atoms with van der Waals surface area (Å²) in [5.41, 5.74) is 2.68. The summed E-state index contributed by atoms with van der Waals surface area (Å²) >= 11 is 7.71. The van der Waals surface area contributed by atoms with Gasteiger partial charge in [0.05, 0.1) is 23.5 Å². The first-order chi connectivity index (χ1) is 14.1. The number of carbonyl (C=O) groups is 1. The van der Waals surface area contributed by atoms with Crippen LogP contribution in [-0.4, -0.2) is 49.1 Å². The first-order valence-electron chi connectivity index (χ1n) is 9.48. The van der Waals surface area contributed by atoms with Gasteiger partial charge in [0.15, 0.2) is 0 Å². The molecule has 2 heterocycles. The van der Waals surface area contributed by atoms with Crippen LogP contribution in [0.15, 0.2) is 48.5 Å². The van der Waals surface area contributed by atoms with Gasteiger partial charge in [0.2, 0.25) is 0 Å². The summed E-state index contributed by atoms with van der Waals surface area (Å²) in [5, 5.41) is 1.43. The number of carbonyl (C=O) groups excluding carboxylic acids is 1. The first-order valence-corrected chi connectivity index (χ1v) is 10.7. The SMILES string of the molecule is COc1ccccc1N1CCN(C(=O)c2sc(-c3ccccc3Cl)nc2C)CC1. The lowest BCUT2D eigenvalue weighted by atomic mass is 10.2. The van der Waals surface area contributed by atoms with E-state index in [9.17, 15) is 4.79 Å². The molecule has 150 valence electrons. The number of hydrogen-bond acceptors (Lipinski definition) is 5. The number of methoxy groups -OCH3 is 1. The number of aromatic nitrogens is 1. The van der Waals surface area contributed by atoms with Crippen LogP contribution in [0.5, 0.6) is 5.75 Å². The normalized spacial score (nSPS) is 14.2. The maximum atomic E-state index is 13.1. The van der Waals surface area contributed by atoms with Gasteiger partial charge in [-0.25, -0.2) is 4.98 Å². The Labute approximate surface area is 179 Å². The molecular formula is C22H22ClN3O2S. The molecule has 7 heteroatoms. The summed E-state index contributed by atoms with van der Waals surface area (Å²) in [6, 6.07) is 15.6. The van der Waals surface area contributed by atoms with Crippen molar-refractivity contribution in [2.75, 3.05) is 38.2 Å². The topological polar surface area (TPSA) is 45.7 Å². The van der Waals surface area contributed by atoms with Crippen LogP contribution in [0.1, 0.15) is 15.4 Å². The highest BCUT2D eigenvalue weighted by Crippen LogP contribution is 2.34. The number of para-hydroxylation sites is 2. The van der Waals surface area contributed by atoms with E-state index in [-0.39, 0.29) is 5.91 Å². The fourth-order valence-corrected chi connectivity index (χ4v) is 4.88. The number of ether oxygens (including phenoxy) is 1. The Morgan fingerprint density at radius 3 is 2.48 bits per heavy atom. The van der Waals surface area contributed by atoms with E-state index in [1.165, 1.54) is 11.3 Å². The monoisotopic (exact) mass is 427 g/mol. The third-order valence-electron chi connectivity index (χ3n) is 5.09. The van der Waals surface area contributed by atoms with Crippen LogP contribution >= 0.6 is 22.9 Å². The zero-order valence-corrected chi connectivity index (χ0v) is 18.0. The van der Waals surface area contributed by atoms with Crippen LogP contribution in [0.3, 0.4) is 0 Å². The van der Waals surface area contributed by atoms with Gasteiger partial charge in [0.25, 0.3) is 5.91 Å². The Hall–Kier alpha value is -2.57. The molecule has 1 fully saturated rings. The van der Waals surface area contributed by atoms with Crippen LogP contribution in [0.25, 0.3) is 10.6 Å². The molecular weight excluding hydrogens is 406 g/mol. The molecule has 1 aromatic heterocycles. The van der Waals surface area contributed by atoms with Crippen LogP contribution in [-0.2, 0) is 0 Å². The van der Waals surface area contributed by atoms with Crippen LogP contribution in [0.2, 0.25) is 5.02 Å². The minimum atomic E-state index is 0.0398. The zero-order valence-electron chi connectivity index (χ0n) is 16.4. The predicted octanol–water partition coefficient (Wildman–Crippen LogP) is 4.74. The number of aryl methyl sites for hydroxylation is 1. The van der Waals surface area contributed by atoms with Gasteiger partial charge in [-0.2, -0.15) is 0 Å². The summed E-state index contributed by atoms with van der Waals surface area (Å²) in [7, 11) is 1.68. The molecule has 0 bridgehead atoms. The van der Waals surface area contributed by atoms with Crippen molar-refractivity contribution in [2.45, 2.75) is 6.92 Å². The molecule has 2 aromatic carbocycles. The van der Waals surface area contributed by atoms with Crippen molar-refractivity contribution in [2.24, 2.45) is 0 Å². The summed E-state index contributed by atoms with van der Waals surface area (Å²) in [6.45, 7) is 4.74. The second kappa shape index (κ2) is 8.43. The Bertz CT molecular complexity index is 1030. The highest BCUT2D eigenvalue weighted by molar-refractivity contribution is 7.17. The third kappa shape index (κ3) is 3.95. The van der Waals surface area contributed by atoms with Crippen molar-refractivity contribution < 1.29 is 9.53 Å². The summed E-state index contributed by atoms with van der Waals surface area (Å²) in [6.07, 6.45) is 0. The Morgan fingerprint density at radius 1 is 1.07 bits per heavy atom. The van der Waals surface area contributed by atoms with E-state index in [0.29, 0.717) is 23.0 Å². The molecule has 1 aliphatic heterocycles. The molecule has 0 aliphatic carbocycles. The Morgan fingerprint density at radius 2 is 1.76 bits per heavy atom. The van der Waals surface area contributed by atoms with E-state index in [1.54, 1.807) is 7.11 Å². The molecule has 4 rings (SSSR count). The van der Waals surface area contributed by atoms with E-state index in [1.807, 2.05) is 54.3 Å². The molecule has 29 heavy (non-hydrogen) atoms. The second-order valence-electron chi connectivity index (χ2n) is 6.86. The van der Waals surface area contributed by atoms with Gasteiger partial charge in [-0.15, -0.1) is 11.3 Å². The molecule has 0 unspecified atom stereocenters. The van der Waals surface area contributed by atoms with Crippen molar-refractivity contribution in [3.63, 3.8) is 0 Å². The number of benzene rings is 2. The minimum Gasteiger partial charge on any atom is -0.495 e. The smallest absolute Gasteiger partial charge is 0.265 e. The number of hydrogen-bond donors (Lipinski definition) is 0. The van der Waals surface area contributed by atoms with E-state index in [2.05, 4.69) is 16.0 Å². The van der Waals surface area contributed by atoms with E-state index < -0.39 is 0 Å². The summed E-state index contributed by atoms with van der Waals surface area (Å²) in [4.78, 5) is 22.6. The van der Waals surface area contributed by atoms with Crippen molar-refractivity contribution in [1.29, 1.82) is 0 Å². The number of amides is 1. The molecule has 5 nitrogen and oxygen atoms in total. The lowest BCUT2D eigenvalue weighted by Crippen LogP contribution is -2.48. The lowest BCUT2D eigenvalue weighted by molar-refractivity contribution is 0.0750. The van der Waals surface area contributed by atoms with Gasteiger partial charge >= 0.3 is 0 Å². The average molecular weight is 428 g/mol. The molecule has 0 saturated carbocycles. The molecule has 3 aromatic rings. The van der Waals surface area contributed by atoms with Crippen molar-refractivity contribution >= 4 is 34.5 Å². The lowest BCUT2D eigenvalue weighted by Gasteiger charge is -2.36. The third-order valence-corrected chi connectivity index (χ3v) is 6.60. The molecule has 0 atom stereocenters. The summed E-state index contributed by atoms with van der Waals surface area (Å²) in [5.74, 6) is 0.896. The van der Waals surface area contributed by atoms with Crippen LogP contribution in [0.4, 0.5) is 5.69 Å². The van der Waals surface area contributed by atoms with Gasteiger partial charge in [-0.05, 0) is 25.1 Å². The van der Waals surface area contributed by atoms with E-state index in [0.717, 1.165) is 40.8 Å². The van der Waals surface area contributed by atoms with Crippen molar-refractivity contribution in [3.05, 3.63) is 64.1 Å². The highest BCUT2D eigenvalue weighted by Gasteiger charge is 2.27. The molecule has 1 saturated heterocycles. The number of thiazole rings is 1. The number of nitrogens with zero attached hydrogens (tertiary/aromatic N) is 3. The fourth-order valence-electron chi connectivity index (χ4n) is 3.53. The quantitative estimate of drug-likeness (QED) is 0.603. The van der Waals surface area contributed by atoms with Gasteiger partial charge in [0, 0.05) is 31.7 Å². The Balaban J connectivity index is 1.49. The van der Waals surface area contributed by atoms with Crippen LogP contribution in [0, 0.1) is 6.92 Å². The number of anilines is 1. The maximum Gasteiger partial charge on any atom is 0.265 e. The fraction of sp³-hybridized carbons (Fsp3) is 0.273. The average Bonchev–Trinajstić information content (AvgIpc) is 3.15. The molecule has 1 amide bonds. The van der Waals surface area contributed by atoms with E-state index in [4.69, 9.17) is 16.3 Å². The van der Waals surface area contributed by atoms with Crippen molar-refractivity contribution in [3.8, 4) is 16.3 Å². The van der Waals surface area contributed by atoms with Gasteiger partial charge < -0.3 is 14.5 Å². The molecule has 0 N–H and O–H groups in total. The predicted molar refractivity (Wildman–Crippen MR) is 118 cm³/mol. The molecule has 1 aliphatic rings. The Kier molecular flexibility index (Phi) is 5.74. The molecule has 0 spiro atoms. The number of rotatable bonds is 4. The van der Waals surface area contributed by atoms with Gasteiger partial charge in [0.1, 0.15) is 15.6 Å². The standard InChI is InChI=1S/C22H22ClN3O2S/c1-15-20(29-21(24-15)16-7-3-4-8-17(16)23)22(27)26-13-11-25(12-14-26)18-9-5-6-10-19(18)28-2/h3-10H,11-14H2,1-2H3. The van der Waals surface area contributed by atoms with Crippen LogP contribution < -0.4 is 9.64 Å². The zero-order chi connectivity index (χ0) is 20.4. The maximum absolute atomic E-state index is 13.1. The first kappa shape index (κ1) is 19.7.